The number of ether oxygens (including phenoxy) is 3. The van der Waals surface area contributed by atoms with Crippen molar-refractivity contribution in [1.29, 1.82) is 0 Å². The molecule has 0 aliphatic heterocycles. The molecule has 0 saturated carbocycles. The number of Topliss-reactive ketones (excluding diaryl/α,β-unsaturated/α-hetero) is 1. The van der Waals surface area contributed by atoms with Crippen LogP contribution in [0.4, 0.5) is 0 Å². The van der Waals surface area contributed by atoms with Gasteiger partial charge >= 0.3 is 0 Å². The average Bonchev–Trinajstić information content (AvgIpc) is 3.01. The summed E-state index contributed by atoms with van der Waals surface area (Å²) in [5, 5.41) is 2.32. The first-order valence-corrected chi connectivity index (χ1v) is 17.0. The van der Waals surface area contributed by atoms with E-state index in [1.165, 1.54) is 10.4 Å². The molecule has 3 atom stereocenters. The van der Waals surface area contributed by atoms with E-state index >= 15 is 0 Å². The third kappa shape index (κ3) is 9.64. The zero-order valence-electron chi connectivity index (χ0n) is 26.9. The van der Waals surface area contributed by atoms with Gasteiger partial charge in [-0.25, -0.2) is 0 Å². The molecule has 230 valence electrons. The summed E-state index contributed by atoms with van der Waals surface area (Å²) in [5.74, 6) is 7.31. The third-order valence-corrected chi connectivity index (χ3v) is 13.0. The van der Waals surface area contributed by atoms with Crippen LogP contribution in [0, 0.1) is 17.8 Å². The second kappa shape index (κ2) is 16.6. The highest BCUT2D eigenvalue weighted by molar-refractivity contribution is 6.99. The molecule has 0 aliphatic carbocycles. The molecule has 3 aromatic carbocycles. The second-order valence-corrected chi connectivity index (χ2v) is 16.4. The molecule has 0 heterocycles. The third-order valence-electron chi connectivity index (χ3n) is 7.96. The molecule has 0 N–H and O–H groups in total. The lowest BCUT2D eigenvalue weighted by atomic mass is 10.0. The number of carbonyl (C=O) groups is 1. The van der Waals surface area contributed by atoms with Gasteiger partial charge in [0.25, 0.3) is 8.32 Å². The fourth-order valence-corrected chi connectivity index (χ4v) is 9.80. The van der Waals surface area contributed by atoms with E-state index in [2.05, 4.69) is 93.3 Å². The maximum atomic E-state index is 11.6. The van der Waals surface area contributed by atoms with Crippen LogP contribution >= 0.6 is 0 Å². The van der Waals surface area contributed by atoms with Crippen molar-refractivity contribution in [1.82, 2.24) is 0 Å². The van der Waals surface area contributed by atoms with Gasteiger partial charge in [-0.3, -0.25) is 4.79 Å². The number of benzene rings is 3. The average molecular weight is 601 g/mol. The van der Waals surface area contributed by atoms with Crippen molar-refractivity contribution in [2.24, 2.45) is 5.92 Å². The first-order valence-electron chi connectivity index (χ1n) is 15.1. The Morgan fingerprint density at radius 1 is 0.814 bits per heavy atom. The maximum Gasteiger partial charge on any atom is 0.261 e. The summed E-state index contributed by atoms with van der Waals surface area (Å²) in [6, 6.07) is 29.2. The lowest BCUT2D eigenvalue weighted by Gasteiger charge is -2.43. The second-order valence-electron chi connectivity index (χ2n) is 12.1. The van der Waals surface area contributed by atoms with Crippen molar-refractivity contribution in [3.63, 3.8) is 0 Å². The van der Waals surface area contributed by atoms with Crippen LogP contribution in [-0.2, 0) is 25.3 Å². The minimum atomic E-state index is -2.75. The Balaban J connectivity index is 1.89. The zero-order chi connectivity index (χ0) is 31.3. The van der Waals surface area contributed by atoms with E-state index < -0.39 is 8.32 Å². The normalized spacial score (nSPS) is 13.8. The van der Waals surface area contributed by atoms with Crippen LogP contribution < -0.4 is 15.1 Å². The number of rotatable bonds is 15. The minimum absolute atomic E-state index is 0.0612. The van der Waals surface area contributed by atoms with E-state index in [4.69, 9.17) is 18.6 Å². The van der Waals surface area contributed by atoms with E-state index in [0.717, 1.165) is 11.3 Å². The van der Waals surface area contributed by atoms with Crippen LogP contribution in [-0.4, -0.2) is 47.1 Å². The molecule has 0 amide bonds. The molecule has 0 unspecified atom stereocenters. The van der Waals surface area contributed by atoms with Gasteiger partial charge in [0.2, 0.25) is 0 Å². The molecular weight excluding hydrogens is 552 g/mol. The predicted octanol–water partition coefficient (Wildman–Crippen LogP) is 6.57. The van der Waals surface area contributed by atoms with Gasteiger partial charge in [0.1, 0.15) is 11.5 Å². The van der Waals surface area contributed by atoms with E-state index in [1.807, 2.05) is 31.2 Å². The van der Waals surface area contributed by atoms with E-state index in [-0.39, 0.29) is 28.9 Å². The van der Waals surface area contributed by atoms with Crippen molar-refractivity contribution >= 4 is 24.5 Å². The monoisotopic (exact) mass is 600 g/mol. The molecule has 0 bridgehead atoms. The number of ketones is 1. The first kappa shape index (κ1) is 34.3. The smallest absolute Gasteiger partial charge is 0.261 e. The van der Waals surface area contributed by atoms with Crippen molar-refractivity contribution in [3.8, 4) is 17.6 Å². The Morgan fingerprint density at radius 2 is 1.37 bits per heavy atom. The number of hydrogen-bond donors (Lipinski definition) is 0. The van der Waals surface area contributed by atoms with Gasteiger partial charge in [-0.05, 0) is 40.0 Å². The molecule has 5 nitrogen and oxygen atoms in total. The first-order chi connectivity index (χ1) is 20.6. The molecule has 0 fully saturated rings. The molecule has 6 heteroatoms. The lowest BCUT2D eigenvalue weighted by molar-refractivity contribution is -0.120. The summed E-state index contributed by atoms with van der Waals surface area (Å²) in [6.45, 7) is 11.2. The Labute approximate surface area is 260 Å². The topological polar surface area (TPSA) is 54.0 Å². The minimum Gasteiger partial charge on any atom is -0.497 e. The highest BCUT2D eigenvalue weighted by Crippen LogP contribution is 2.37. The van der Waals surface area contributed by atoms with E-state index in [9.17, 15) is 4.79 Å². The van der Waals surface area contributed by atoms with E-state index in [1.54, 1.807) is 21.1 Å². The van der Waals surface area contributed by atoms with Gasteiger partial charge in [0.05, 0.1) is 32.5 Å². The van der Waals surface area contributed by atoms with Gasteiger partial charge in [-0.15, -0.1) is 11.8 Å². The van der Waals surface area contributed by atoms with Crippen molar-refractivity contribution < 1.29 is 23.4 Å². The number of hydrogen-bond acceptors (Lipinski definition) is 5. The highest BCUT2D eigenvalue weighted by Gasteiger charge is 2.50. The van der Waals surface area contributed by atoms with Crippen molar-refractivity contribution in [3.05, 3.63) is 90.5 Å². The fraction of sp³-hybridized carbons (Fsp3) is 0.432. The summed E-state index contributed by atoms with van der Waals surface area (Å²) >= 11 is 0. The van der Waals surface area contributed by atoms with Crippen molar-refractivity contribution in [2.45, 2.75) is 77.7 Å². The van der Waals surface area contributed by atoms with Crippen LogP contribution in [0.5, 0.6) is 5.75 Å². The number of methoxy groups -OCH3 is 2. The maximum absolute atomic E-state index is 11.6. The van der Waals surface area contributed by atoms with E-state index in [0.29, 0.717) is 32.5 Å². The van der Waals surface area contributed by atoms with Gasteiger partial charge in [-0.1, -0.05) is 100 Å². The fourth-order valence-electron chi connectivity index (χ4n) is 5.21. The van der Waals surface area contributed by atoms with Crippen LogP contribution in [0.25, 0.3) is 0 Å². The van der Waals surface area contributed by atoms with Gasteiger partial charge < -0.3 is 18.6 Å². The van der Waals surface area contributed by atoms with Crippen molar-refractivity contribution in [2.75, 3.05) is 20.8 Å². The summed E-state index contributed by atoms with van der Waals surface area (Å²) in [4.78, 5) is 11.6. The van der Waals surface area contributed by atoms with Gasteiger partial charge in [0, 0.05) is 32.3 Å². The summed E-state index contributed by atoms with van der Waals surface area (Å²) < 4.78 is 25.0. The Morgan fingerprint density at radius 3 is 1.86 bits per heavy atom. The molecule has 0 radical (unpaired) electrons. The molecule has 0 aliphatic rings. The quantitative estimate of drug-likeness (QED) is 0.146. The molecule has 43 heavy (non-hydrogen) atoms. The lowest BCUT2D eigenvalue weighted by Crippen LogP contribution is -2.67. The molecule has 0 aromatic heterocycles. The molecule has 0 spiro atoms. The Bertz CT molecular complexity index is 1270. The molecule has 3 aromatic rings. The summed E-state index contributed by atoms with van der Waals surface area (Å²) in [5.41, 5.74) is 1.06. The SMILES string of the molecule is COc1ccc(CO[C@H](CO[Si](c2ccccc2)(c2ccccc2)C(C)(C)C)C[C@@H](CC#CC[C@H](C)C(C)=O)OC)cc1. The van der Waals surface area contributed by atoms with Crippen LogP contribution in [0.1, 0.15) is 59.4 Å². The predicted molar refractivity (Wildman–Crippen MR) is 177 cm³/mol. The Kier molecular flexibility index (Phi) is 13.2. The molecule has 3 rings (SSSR count). The highest BCUT2D eigenvalue weighted by atomic mass is 28.4. The summed E-state index contributed by atoms with van der Waals surface area (Å²) in [7, 11) is 0.635. The standard InChI is InChI=1S/C37H48O5Si/c1-29(30(2)38)16-14-15-17-33(40-7)26-34(41-27-31-22-24-32(39-6)25-23-31)28-42-43(37(3,4)5,35-18-10-8-11-19-35)36-20-12-9-13-21-36/h8-13,18-25,29,33-34H,16-17,26-28H2,1-7H3/t29-,33+,34-/m0/s1. The number of carbonyl (C=O) groups excluding carboxylic acids is 1. The van der Waals surface area contributed by atoms with Gasteiger partial charge in [0.15, 0.2) is 0 Å². The zero-order valence-corrected chi connectivity index (χ0v) is 27.9. The summed E-state index contributed by atoms with van der Waals surface area (Å²) in [6.07, 6.45) is 1.38. The van der Waals surface area contributed by atoms with Crippen LogP contribution in [0.2, 0.25) is 5.04 Å². The molecule has 0 saturated heterocycles. The van der Waals surface area contributed by atoms with Crippen LogP contribution in [0.3, 0.4) is 0 Å². The van der Waals surface area contributed by atoms with Gasteiger partial charge in [-0.2, -0.15) is 0 Å². The van der Waals surface area contributed by atoms with Crippen LogP contribution in [0.15, 0.2) is 84.9 Å². The molecular formula is C37H48O5Si. The Hall–Kier alpha value is -3.21. The largest absolute Gasteiger partial charge is 0.497 e.